The molecule has 71 heavy (non-hydrogen) atoms. The summed E-state index contributed by atoms with van der Waals surface area (Å²) in [7, 11) is 0. The van der Waals surface area contributed by atoms with Crippen LogP contribution < -0.4 is 0 Å². The first-order valence-corrected chi connectivity index (χ1v) is 22.8. The topological polar surface area (TPSA) is 58.4 Å². The number of hydrogen-bond acceptors (Lipinski definition) is 4. The fourth-order valence-corrected chi connectivity index (χ4v) is 11.3. The minimum atomic E-state index is -0.836. The molecule has 16 aromatic rings. The maximum atomic E-state index is 9.75. The lowest BCUT2D eigenvalue weighted by Crippen LogP contribution is -2.12. The molecule has 0 N–H and O–H groups in total. The largest absolute Gasteiger partial charge is 0.308 e. The number of thiophene rings is 1. The van der Waals surface area contributed by atoms with Crippen molar-refractivity contribution < 1.29 is 32.9 Å². The summed E-state index contributed by atoms with van der Waals surface area (Å²) in [6.45, 7) is 0. The summed E-state index contributed by atoms with van der Waals surface area (Å²) < 4.78 is 229. The molecule has 7 nitrogen and oxygen atoms in total. The number of benzene rings is 10. The van der Waals surface area contributed by atoms with Gasteiger partial charge in [0.1, 0.15) is 0 Å². The number of hydrogen-bond donors (Lipinski definition) is 0. The van der Waals surface area contributed by atoms with E-state index in [1.165, 1.54) is 22.0 Å². The summed E-state index contributed by atoms with van der Waals surface area (Å²) in [5.41, 5.74) is -1.88. The lowest BCUT2D eigenvalue weighted by molar-refractivity contribution is 0.891. The minimum Gasteiger partial charge on any atom is -0.308 e. The maximum absolute atomic E-state index is 9.75. The number of aromatic nitrogens is 7. The van der Waals surface area contributed by atoms with E-state index in [1.807, 2.05) is 59.2 Å². The van der Waals surface area contributed by atoms with Crippen LogP contribution in [0.1, 0.15) is 32.9 Å². The highest BCUT2D eigenvalue weighted by Gasteiger charge is 2.28. The average Bonchev–Trinajstić information content (AvgIpc) is 1.56. The molecular formula is C63H37N7S. The minimum absolute atomic E-state index is 0.119. The van der Waals surface area contributed by atoms with Crippen LogP contribution in [0.25, 0.3) is 142 Å². The quantitative estimate of drug-likeness (QED) is 0.173. The lowest BCUT2D eigenvalue weighted by Gasteiger charge is -2.20. The molecule has 6 heterocycles. The van der Waals surface area contributed by atoms with E-state index in [2.05, 4.69) is 0 Å². The van der Waals surface area contributed by atoms with Gasteiger partial charge in [-0.05, 0) is 66.6 Å². The van der Waals surface area contributed by atoms with Gasteiger partial charge < -0.3 is 9.13 Å². The van der Waals surface area contributed by atoms with Crippen molar-refractivity contribution in [2.24, 2.45) is 0 Å². The van der Waals surface area contributed by atoms with Crippen LogP contribution >= 0.6 is 11.3 Å². The molecule has 0 radical (unpaired) electrons. The van der Waals surface area contributed by atoms with Crippen LogP contribution in [0.3, 0.4) is 0 Å². The molecule has 0 bridgehead atoms. The molecule has 6 aromatic heterocycles. The molecule has 0 aliphatic heterocycles. The molecule has 0 unspecified atom stereocenters. The number of nitrogens with zero attached hydrogens (tertiary/aromatic N) is 7. The Kier molecular flexibility index (Phi) is 4.59. The fraction of sp³-hybridized carbons (Fsp3) is 0. The van der Waals surface area contributed by atoms with E-state index in [9.17, 15) is 16.4 Å². The van der Waals surface area contributed by atoms with E-state index >= 15 is 0 Å². The van der Waals surface area contributed by atoms with Crippen LogP contribution in [0.4, 0.5) is 0 Å². The van der Waals surface area contributed by atoms with Gasteiger partial charge in [-0.3, -0.25) is 9.13 Å². The van der Waals surface area contributed by atoms with Crippen molar-refractivity contribution >= 4 is 119 Å². The van der Waals surface area contributed by atoms with Gasteiger partial charge in [-0.1, -0.05) is 157 Å². The molecule has 0 fully saturated rings. The Bertz CT molecular complexity index is 5950. The summed E-state index contributed by atoms with van der Waals surface area (Å²) in [6.07, 6.45) is 0. The average molecular weight is 948 g/mol. The van der Waals surface area contributed by atoms with Crippen molar-refractivity contribution in [2.45, 2.75) is 0 Å². The van der Waals surface area contributed by atoms with Crippen molar-refractivity contribution in [3.05, 3.63) is 224 Å². The number of fused-ring (bicyclic) bond motifs is 16. The van der Waals surface area contributed by atoms with Crippen molar-refractivity contribution in [1.82, 2.24) is 33.2 Å². The predicted octanol–water partition coefficient (Wildman–Crippen LogP) is 16.3. The Morgan fingerprint density at radius 2 is 0.761 bits per heavy atom. The van der Waals surface area contributed by atoms with Gasteiger partial charge in [-0.2, -0.15) is 15.0 Å². The zero-order valence-corrected chi connectivity index (χ0v) is 36.9. The van der Waals surface area contributed by atoms with E-state index < -0.39 is 206 Å². The molecule has 0 saturated heterocycles. The van der Waals surface area contributed by atoms with Gasteiger partial charge in [0.05, 0.1) is 94.0 Å². The van der Waals surface area contributed by atoms with Crippen molar-refractivity contribution in [3.63, 3.8) is 0 Å². The summed E-state index contributed by atoms with van der Waals surface area (Å²) in [5.74, 6) is -2.04. The summed E-state index contributed by atoms with van der Waals surface area (Å²) in [6, 6.07) is 5.26. The Labute approximate surface area is 442 Å². The summed E-state index contributed by atoms with van der Waals surface area (Å²) in [5, 5.41) is 0.676. The van der Waals surface area contributed by atoms with Crippen LogP contribution in [-0.2, 0) is 0 Å². The number of rotatable bonds is 5. The summed E-state index contributed by atoms with van der Waals surface area (Å²) >= 11 is 1.51. The predicted molar refractivity (Wildman–Crippen MR) is 296 cm³/mol. The van der Waals surface area contributed by atoms with Gasteiger partial charge in [0, 0.05) is 63.3 Å². The molecule has 0 atom stereocenters. The third-order valence-corrected chi connectivity index (χ3v) is 14.1. The van der Waals surface area contributed by atoms with Crippen LogP contribution in [0.5, 0.6) is 0 Å². The van der Waals surface area contributed by atoms with Crippen LogP contribution in [0, 0.1) is 0 Å². The smallest absolute Gasteiger partial charge is 0.240 e. The van der Waals surface area contributed by atoms with Crippen LogP contribution in [-0.4, -0.2) is 33.2 Å². The normalized spacial score (nSPS) is 17.0. The second-order valence-electron chi connectivity index (χ2n) is 16.6. The lowest BCUT2D eigenvalue weighted by atomic mass is 10.1. The maximum Gasteiger partial charge on any atom is 0.240 e. The highest BCUT2D eigenvalue weighted by atomic mass is 32.1. The second kappa shape index (κ2) is 14.6. The van der Waals surface area contributed by atoms with Gasteiger partial charge in [0.15, 0.2) is 5.82 Å². The molecule has 0 aliphatic rings. The fourth-order valence-electron chi connectivity index (χ4n) is 10.2. The second-order valence-corrected chi connectivity index (χ2v) is 17.6. The van der Waals surface area contributed by atoms with E-state index in [0.29, 0.717) is 21.8 Å². The van der Waals surface area contributed by atoms with Crippen molar-refractivity contribution in [3.8, 4) is 34.7 Å². The Hall–Kier alpha value is -9.37. The SMILES string of the molecule is [2H]c1c([2H])c([2H])c2c(c1[2H])c1c([2H])c([2H])c([2H])c([2H])c1n2-c1nc(-c2c(-n3c4c([2H])c([2H])c([2H])c([2H])c4c4c([2H])c([2H])c([2H])c([2H])c43)cccc2-n2c3ccccc3c3ccc4sc5ccccc5c4c32)nc(-n2c3c([2H])c([2H])c([2H])c([2H])c3c3c([2H])c([2H])c([2H])c([2H])c32)n1. The first-order chi connectivity index (χ1) is 45.2. The first-order valence-electron chi connectivity index (χ1n) is 34.0. The molecular weight excluding hydrogens is 887 g/mol. The molecule has 330 valence electrons. The van der Waals surface area contributed by atoms with Gasteiger partial charge >= 0.3 is 0 Å². The van der Waals surface area contributed by atoms with E-state index in [1.54, 1.807) is 18.2 Å². The van der Waals surface area contributed by atoms with Gasteiger partial charge in [0.2, 0.25) is 11.9 Å². The molecule has 0 saturated carbocycles. The standard InChI is InChI=1S/C63H37N7S/c1-9-26-47-38(18-1)39-19-2-10-27-48(39)67(47)54-33-17-34-55(68-49-28-11-7-24-44(49)45-36-37-57-58(60(45)68)46-25-8-16-35-56(46)71-57)59(54)61-64-62(69-50-29-12-3-20-40(50)41-21-4-13-30-51(41)69)66-63(65-61)70-52-31-14-5-22-42(52)43-23-6-15-32-53(43)70/h1-37H/i1D,2D,3D,4D,5D,6D,9D,10D,12D,13D,14D,15D,18D,19D,20D,21D,22D,23D,26D,27D,29D,30D,31D,32D. The van der Waals surface area contributed by atoms with Crippen LogP contribution in [0.2, 0.25) is 0 Å². The molecule has 0 amide bonds. The highest BCUT2D eigenvalue weighted by molar-refractivity contribution is 7.26. The van der Waals surface area contributed by atoms with E-state index in [0.717, 1.165) is 29.3 Å². The van der Waals surface area contributed by atoms with Crippen molar-refractivity contribution in [1.29, 1.82) is 0 Å². The molecule has 10 aromatic carbocycles. The zero-order valence-electron chi connectivity index (χ0n) is 60.0. The highest BCUT2D eigenvalue weighted by Crippen LogP contribution is 2.46. The summed E-state index contributed by atoms with van der Waals surface area (Å²) in [4.78, 5) is 15.4. The first kappa shape index (κ1) is 22.4. The zero-order chi connectivity index (χ0) is 67.2. The van der Waals surface area contributed by atoms with Gasteiger partial charge in [-0.25, -0.2) is 0 Å². The van der Waals surface area contributed by atoms with Gasteiger partial charge in [0.25, 0.3) is 0 Å². The molecule has 8 heteroatoms. The number of para-hydroxylation sites is 7. The third-order valence-electron chi connectivity index (χ3n) is 13.0. The monoisotopic (exact) mass is 947 g/mol. The van der Waals surface area contributed by atoms with Crippen molar-refractivity contribution in [2.75, 3.05) is 0 Å². The third kappa shape index (κ3) is 5.34. The molecule has 0 spiro atoms. The van der Waals surface area contributed by atoms with E-state index in [4.69, 9.17) is 31.4 Å². The Morgan fingerprint density at radius 3 is 1.28 bits per heavy atom. The Balaban J connectivity index is 1.22. The molecule has 16 rings (SSSR count). The van der Waals surface area contributed by atoms with Crippen LogP contribution in [0.15, 0.2) is 224 Å². The van der Waals surface area contributed by atoms with E-state index in [-0.39, 0.29) is 38.7 Å². The molecule has 0 aliphatic carbocycles. The van der Waals surface area contributed by atoms with Gasteiger partial charge in [-0.15, -0.1) is 11.3 Å². The Morgan fingerprint density at radius 1 is 0.324 bits per heavy atom.